The maximum absolute atomic E-state index is 11.9. The van der Waals surface area contributed by atoms with E-state index in [0.717, 1.165) is 36.4 Å². The van der Waals surface area contributed by atoms with Crippen LogP contribution >= 0.6 is 0 Å². The molecule has 1 N–H and O–H groups in total. The lowest BCUT2D eigenvalue weighted by atomic mass is 10.1. The van der Waals surface area contributed by atoms with Crippen LogP contribution in [0.1, 0.15) is 27.9 Å². The molecule has 4 heteroatoms. The van der Waals surface area contributed by atoms with Gasteiger partial charge in [-0.2, -0.15) is 0 Å². The fraction of sp³-hybridized carbons (Fsp3) is 0.208. The number of nitrogens with one attached hydrogen (secondary N) is 1. The van der Waals surface area contributed by atoms with E-state index in [4.69, 9.17) is 9.47 Å². The number of aryl methyl sites for hydroxylation is 1. The molecule has 3 aromatic rings. The molecule has 0 atom stereocenters. The molecule has 0 bridgehead atoms. The first-order valence-electron chi connectivity index (χ1n) is 9.43. The number of esters is 1. The second-order valence-corrected chi connectivity index (χ2v) is 6.49. The molecular formula is C24H25NO3. The Morgan fingerprint density at radius 2 is 1.57 bits per heavy atom. The topological polar surface area (TPSA) is 47.6 Å². The van der Waals surface area contributed by atoms with Crippen LogP contribution in [0, 0.1) is 0 Å². The summed E-state index contributed by atoms with van der Waals surface area (Å²) in [6.07, 6.45) is 1.97. The number of rotatable bonds is 9. The number of hydrogen-bond acceptors (Lipinski definition) is 4. The van der Waals surface area contributed by atoms with Crippen molar-refractivity contribution in [3.8, 4) is 5.75 Å². The standard InChI is InChI=1S/C24H25NO3/c1-27-24(26)21-14-15-23(28-18-20-11-6-3-7-12-20)22(17-21)25-16-8-13-19-9-4-2-5-10-19/h2-7,9-12,14-15,17,25H,8,13,16,18H2,1H3. The van der Waals surface area contributed by atoms with Crippen molar-refractivity contribution in [2.45, 2.75) is 19.4 Å². The minimum Gasteiger partial charge on any atom is -0.487 e. The Labute approximate surface area is 166 Å². The third kappa shape index (κ3) is 5.61. The van der Waals surface area contributed by atoms with Gasteiger partial charge in [-0.05, 0) is 42.2 Å². The summed E-state index contributed by atoms with van der Waals surface area (Å²) < 4.78 is 10.8. The zero-order valence-corrected chi connectivity index (χ0v) is 16.1. The first-order valence-corrected chi connectivity index (χ1v) is 9.43. The molecule has 0 aliphatic rings. The lowest BCUT2D eigenvalue weighted by Crippen LogP contribution is -2.08. The molecule has 144 valence electrons. The van der Waals surface area contributed by atoms with E-state index in [1.807, 2.05) is 42.5 Å². The highest BCUT2D eigenvalue weighted by atomic mass is 16.5. The second kappa shape index (κ2) is 10.2. The van der Waals surface area contributed by atoms with E-state index in [1.54, 1.807) is 12.1 Å². The lowest BCUT2D eigenvalue weighted by molar-refractivity contribution is 0.0600. The van der Waals surface area contributed by atoms with Crippen molar-refractivity contribution in [1.29, 1.82) is 0 Å². The van der Waals surface area contributed by atoms with Crippen LogP contribution in [0.25, 0.3) is 0 Å². The zero-order chi connectivity index (χ0) is 19.6. The predicted molar refractivity (Wildman–Crippen MR) is 112 cm³/mol. The van der Waals surface area contributed by atoms with E-state index >= 15 is 0 Å². The van der Waals surface area contributed by atoms with Crippen molar-refractivity contribution in [1.82, 2.24) is 0 Å². The number of carbonyl (C=O) groups is 1. The van der Waals surface area contributed by atoms with Gasteiger partial charge >= 0.3 is 5.97 Å². The van der Waals surface area contributed by atoms with Gasteiger partial charge in [0.1, 0.15) is 12.4 Å². The highest BCUT2D eigenvalue weighted by Crippen LogP contribution is 2.27. The van der Waals surface area contributed by atoms with Crippen LogP contribution in [0.3, 0.4) is 0 Å². The van der Waals surface area contributed by atoms with Gasteiger partial charge in [-0.1, -0.05) is 60.7 Å². The Kier molecular flexibility index (Phi) is 7.08. The number of ether oxygens (including phenoxy) is 2. The maximum Gasteiger partial charge on any atom is 0.337 e. The summed E-state index contributed by atoms with van der Waals surface area (Å²) in [5.41, 5.74) is 3.70. The van der Waals surface area contributed by atoms with Crippen LogP contribution in [-0.4, -0.2) is 19.6 Å². The summed E-state index contributed by atoms with van der Waals surface area (Å²) in [5.74, 6) is 0.359. The van der Waals surface area contributed by atoms with E-state index in [2.05, 4.69) is 29.6 Å². The van der Waals surface area contributed by atoms with Gasteiger partial charge < -0.3 is 14.8 Å². The Hall–Kier alpha value is -3.27. The average molecular weight is 375 g/mol. The maximum atomic E-state index is 11.9. The molecule has 0 spiro atoms. The van der Waals surface area contributed by atoms with Gasteiger partial charge in [-0.15, -0.1) is 0 Å². The number of anilines is 1. The number of methoxy groups -OCH3 is 1. The molecule has 0 saturated heterocycles. The molecule has 3 aromatic carbocycles. The zero-order valence-electron chi connectivity index (χ0n) is 16.1. The summed E-state index contributed by atoms with van der Waals surface area (Å²) in [5, 5.41) is 3.41. The van der Waals surface area contributed by atoms with Gasteiger partial charge in [-0.3, -0.25) is 0 Å². The van der Waals surface area contributed by atoms with Crippen LogP contribution in [0.5, 0.6) is 5.75 Å². The molecule has 0 aliphatic carbocycles. The van der Waals surface area contributed by atoms with Crippen molar-refractivity contribution in [3.05, 3.63) is 95.6 Å². The molecule has 0 fully saturated rings. The molecule has 0 radical (unpaired) electrons. The molecular weight excluding hydrogens is 350 g/mol. The molecule has 0 aliphatic heterocycles. The molecule has 4 nitrogen and oxygen atoms in total. The highest BCUT2D eigenvalue weighted by molar-refractivity contribution is 5.91. The Bertz CT molecular complexity index is 879. The Morgan fingerprint density at radius 3 is 2.25 bits per heavy atom. The Balaban J connectivity index is 1.65. The van der Waals surface area contributed by atoms with Crippen molar-refractivity contribution in [2.75, 3.05) is 19.0 Å². The monoisotopic (exact) mass is 375 g/mol. The van der Waals surface area contributed by atoms with Crippen LogP contribution < -0.4 is 10.1 Å². The third-order valence-corrected chi connectivity index (χ3v) is 4.44. The first kappa shape index (κ1) is 19.5. The summed E-state index contributed by atoms with van der Waals surface area (Å²) in [7, 11) is 1.38. The van der Waals surface area contributed by atoms with Gasteiger partial charge in [0.15, 0.2) is 0 Å². The second-order valence-electron chi connectivity index (χ2n) is 6.49. The minimum atomic E-state index is -0.359. The normalized spacial score (nSPS) is 10.3. The SMILES string of the molecule is COC(=O)c1ccc(OCc2ccccc2)c(NCCCc2ccccc2)c1. The molecule has 28 heavy (non-hydrogen) atoms. The largest absolute Gasteiger partial charge is 0.487 e. The lowest BCUT2D eigenvalue weighted by Gasteiger charge is -2.15. The smallest absolute Gasteiger partial charge is 0.337 e. The first-order chi connectivity index (χ1) is 13.8. The number of carbonyl (C=O) groups excluding carboxylic acids is 1. The van der Waals surface area contributed by atoms with Gasteiger partial charge in [-0.25, -0.2) is 4.79 Å². The summed E-state index contributed by atoms with van der Waals surface area (Å²) in [6, 6.07) is 25.7. The number of benzene rings is 3. The molecule has 0 amide bonds. The Morgan fingerprint density at radius 1 is 0.893 bits per heavy atom. The average Bonchev–Trinajstić information content (AvgIpc) is 2.76. The van der Waals surface area contributed by atoms with Gasteiger partial charge in [0.05, 0.1) is 18.4 Å². The fourth-order valence-electron chi connectivity index (χ4n) is 2.93. The van der Waals surface area contributed by atoms with Crippen molar-refractivity contribution in [3.63, 3.8) is 0 Å². The van der Waals surface area contributed by atoms with E-state index < -0.39 is 0 Å². The van der Waals surface area contributed by atoms with E-state index in [9.17, 15) is 4.79 Å². The third-order valence-electron chi connectivity index (χ3n) is 4.44. The van der Waals surface area contributed by atoms with Crippen LogP contribution in [-0.2, 0) is 17.8 Å². The number of hydrogen-bond donors (Lipinski definition) is 1. The van der Waals surface area contributed by atoms with Crippen LogP contribution in [0.2, 0.25) is 0 Å². The van der Waals surface area contributed by atoms with Gasteiger partial charge in [0.2, 0.25) is 0 Å². The molecule has 0 aromatic heterocycles. The summed E-state index contributed by atoms with van der Waals surface area (Å²) >= 11 is 0. The summed E-state index contributed by atoms with van der Waals surface area (Å²) in [6.45, 7) is 1.25. The van der Waals surface area contributed by atoms with E-state index in [0.29, 0.717) is 12.2 Å². The fourth-order valence-corrected chi connectivity index (χ4v) is 2.93. The predicted octanol–water partition coefficient (Wildman–Crippen LogP) is 5.10. The highest BCUT2D eigenvalue weighted by Gasteiger charge is 2.11. The van der Waals surface area contributed by atoms with Crippen molar-refractivity contribution in [2.24, 2.45) is 0 Å². The quantitative estimate of drug-likeness (QED) is 0.418. The molecule has 3 rings (SSSR count). The summed E-state index contributed by atoms with van der Waals surface area (Å²) in [4.78, 5) is 11.9. The van der Waals surface area contributed by atoms with Crippen LogP contribution in [0.4, 0.5) is 5.69 Å². The van der Waals surface area contributed by atoms with Crippen LogP contribution in [0.15, 0.2) is 78.9 Å². The van der Waals surface area contributed by atoms with Gasteiger partial charge in [0, 0.05) is 6.54 Å². The van der Waals surface area contributed by atoms with Crippen molar-refractivity contribution < 1.29 is 14.3 Å². The molecule has 0 heterocycles. The molecule has 0 saturated carbocycles. The van der Waals surface area contributed by atoms with Gasteiger partial charge in [0.25, 0.3) is 0 Å². The molecule has 0 unspecified atom stereocenters. The van der Waals surface area contributed by atoms with E-state index in [1.165, 1.54) is 12.7 Å². The van der Waals surface area contributed by atoms with E-state index in [-0.39, 0.29) is 5.97 Å². The minimum absolute atomic E-state index is 0.359. The van der Waals surface area contributed by atoms with Crippen molar-refractivity contribution >= 4 is 11.7 Å².